The van der Waals surface area contributed by atoms with Crippen molar-refractivity contribution in [1.29, 1.82) is 0 Å². The van der Waals surface area contributed by atoms with Crippen LogP contribution in [0, 0.1) is 11.6 Å². The molecule has 2 aliphatic heterocycles. The molecule has 262 valence electrons. The van der Waals surface area contributed by atoms with Crippen molar-refractivity contribution in [3.8, 4) is 28.1 Å². The van der Waals surface area contributed by atoms with Crippen LogP contribution in [0.3, 0.4) is 0 Å². The van der Waals surface area contributed by atoms with Crippen molar-refractivity contribution >= 4 is 28.5 Å². The normalized spacial score (nSPS) is 16.0. The van der Waals surface area contributed by atoms with E-state index in [9.17, 15) is 26.2 Å². The average molecular weight is 714 g/mol. The summed E-state index contributed by atoms with van der Waals surface area (Å²) in [5, 5.41) is 15.0. The minimum absolute atomic E-state index is 0.120. The number of rotatable bonds is 8. The lowest BCUT2D eigenvalue weighted by Gasteiger charge is -2.29. The number of piperazine rings is 1. The molecule has 3 N–H and O–H groups in total. The van der Waals surface area contributed by atoms with Gasteiger partial charge in [-0.15, -0.1) is 0 Å². The van der Waals surface area contributed by atoms with E-state index in [0.717, 1.165) is 56.8 Å². The third-order valence-corrected chi connectivity index (χ3v) is 8.93. The van der Waals surface area contributed by atoms with Gasteiger partial charge in [0.25, 0.3) is 6.43 Å². The van der Waals surface area contributed by atoms with E-state index in [1.54, 1.807) is 28.6 Å². The molecule has 2 aliphatic rings. The van der Waals surface area contributed by atoms with Gasteiger partial charge in [0.05, 0.1) is 5.69 Å². The first-order chi connectivity index (χ1) is 23.3. The largest absolute Gasteiger partial charge is 0.490 e. The molecule has 2 saturated heterocycles. The molecule has 18 heteroatoms. The minimum Gasteiger partial charge on any atom is -0.475 e. The van der Waals surface area contributed by atoms with Crippen LogP contribution >= 0.6 is 0 Å². The van der Waals surface area contributed by atoms with E-state index in [2.05, 4.69) is 25.0 Å². The van der Waals surface area contributed by atoms with Gasteiger partial charge in [-0.3, -0.25) is 9.71 Å². The summed E-state index contributed by atoms with van der Waals surface area (Å²) in [6, 6.07) is 10.2. The minimum atomic E-state index is -5.08. The molecule has 4 heterocycles. The van der Waals surface area contributed by atoms with Gasteiger partial charge in [-0.05, 0) is 55.3 Å². The molecular formula is C31H30F7N7O3S. The third-order valence-electron chi connectivity index (χ3n) is 7.70. The summed E-state index contributed by atoms with van der Waals surface area (Å²) in [5.41, 5.74) is 0.867. The van der Waals surface area contributed by atoms with E-state index in [1.807, 2.05) is 0 Å². The lowest BCUT2D eigenvalue weighted by Crippen LogP contribution is -2.43. The van der Waals surface area contributed by atoms with Crippen LogP contribution in [0.15, 0.2) is 61.1 Å². The molecule has 6 rings (SSSR count). The number of hydrogen-bond acceptors (Lipinski definition) is 6. The zero-order valence-corrected chi connectivity index (χ0v) is 26.4. The molecule has 49 heavy (non-hydrogen) atoms. The van der Waals surface area contributed by atoms with Crippen molar-refractivity contribution in [2.24, 2.45) is 0 Å². The average Bonchev–Trinajstić information content (AvgIpc) is 3.78. The summed E-state index contributed by atoms with van der Waals surface area (Å²) in [4.78, 5) is 15.0. The van der Waals surface area contributed by atoms with Gasteiger partial charge in [0.2, 0.25) is 0 Å². The molecule has 2 aromatic heterocycles. The Hall–Kier alpha value is -4.55. The molecule has 0 radical (unpaired) electrons. The van der Waals surface area contributed by atoms with Crippen LogP contribution in [0.4, 0.5) is 42.1 Å². The summed E-state index contributed by atoms with van der Waals surface area (Å²) in [5.74, 6) is -4.16. The second kappa shape index (κ2) is 15.3. The van der Waals surface area contributed by atoms with Crippen LogP contribution in [-0.2, 0) is 16.0 Å². The number of carboxylic acids is 1. The Balaban J connectivity index is 0.000000606. The predicted octanol–water partition coefficient (Wildman–Crippen LogP) is 5.95. The highest BCUT2D eigenvalue weighted by Crippen LogP contribution is 2.39. The summed E-state index contributed by atoms with van der Waals surface area (Å²) in [7, 11) is 0. The smallest absolute Gasteiger partial charge is 0.475 e. The molecule has 0 saturated carbocycles. The van der Waals surface area contributed by atoms with Gasteiger partial charge in [0, 0.05) is 85.8 Å². The summed E-state index contributed by atoms with van der Waals surface area (Å²) >= 11 is -1.80. The van der Waals surface area contributed by atoms with Crippen LogP contribution in [0.25, 0.3) is 28.1 Å². The lowest BCUT2D eigenvalue weighted by molar-refractivity contribution is -0.192. The summed E-state index contributed by atoms with van der Waals surface area (Å²) in [6.07, 6.45) is -1.83. The number of pyridine rings is 1. The Morgan fingerprint density at radius 2 is 1.61 bits per heavy atom. The molecule has 10 nitrogen and oxygen atoms in total. The zero-order chi connectivity index (χ0) is 35.3. The van der Waals surface area contributed by atoms with E-state index in [1.165, 1.54) is 29.3 Å². The molecule has 0 spiro atoms. The number of nitrogens with one attached hydrogen (secondary N) is 2. The Kier molecular flexibility index (Phi) is 11.2. The Morgan fingerprint density at radius 3 is 2.20 bits per heavy atom. The fourth-order valence-corrected chi connectivity index (χ4v) is 6.33. The molecular weight excluding hydrogens is 683 g/mol. The second-order valence-electron chi connectivity index (χ2n) is 11.0. The van der Waals surface area contributed by atoms with E-state index in [4.69, 9.17) is 9.90 Å². The highest BCUT2D eigenvalue weighted by Gasteiger charge is 2.38. The maximum atomic E-state index is 16.1. The van der Waals surface area contributed by atoms with Crippen LogP contribution in [-0.4, -0.2) is 79.8 Å². The molecule has 1 atom stereocenters. The van der Waals surface area contributed by atoms with E-state index in [0.29, 0.717) is 18.7 Å². The van der Waals surface area contributed by atoms with Gasteiger partial charge < -0.3 is 15.3 Å². The van der Waals surface area contributed by atoms with Crippen LogP contribution < -0.4 is 14.9 Å². The van der Waals surface area contributed by atoms with Gasteiger partial charge in [0.15, 0.2) is 22.8 Å². The first-order valence-electron chi connectivity index (χ1n) is 14.9. The third kappa shape index (κ3) is 8.55. The molecule has 0 bridgehead atoms. The summed E-state index contributed by atoms with van der Waals surface area (Å²) < 4.78 is 110. The van der Waals surface area contributed by atoms with E-state index >= 15 is 8.78 Å². The molecule has 0 amide bonds. The van der Waals surface area contributed by atoms with Crippen LogP contribution in [0.2, 0.25) is 0 Å². The topological polar surface area (TPSA) is 116 Å². The molecule has 0 aliphatic carbocycles. The van der Waals surface area contributed by atoms with Crippen molar-refractivity contribution in [2.45, 2.75) is 25.4 Å². The number of carboxylic acid groups (broad SMARTS) is 1. The van der Waals surface area contributed by atoms with E-state index < -0.39 is 46.9 Å². The first-order valence-corrected chi connectivity index (χ1v) is 16.1. The van der Waals surface area contributed by atoms with E-state index in [-0.39, 0.29) is 28.2 Å². The lowest BCUT2D eigenvalue weighted by atomic mass is 9.99. The number of nitrogens with zero attached hydrogens (tertiary/aromatic N) is 5. The SMILES string of the molecule is O=C(O)C(F)(F)F.O=S(Nc1cc(C(F)F)cc(-c2cn(-c3ccc(N4CCNCC4)cc3F)nc2-c2ccncc2)c1F)N1CCCC1. The van der Waals surface area contributed by atoms with Crippen molar-refractivity contribution in [3.63, 3.8) is 0 Å². The highest BCUT2D eigenvalue weighted by molar-refractivity contribution is 7.84. The molecule has 1 unspecified atom stereocenters. The molecule has 2 fully saturated rings. The number of hydrogen-bond donors (Lipinski definition) is 3. The van der Waals surface area contributed by atoms with Crippen molar-refractivity contribution in [3.05, 3.63) is 78.3 Å². The Morgan fingerprint density at radius 1 is 0.959 bits per heavy atom. The molecule has 2 aromatic carbocycles. The first kappa shape index (κ1) is 35.7. The standard InChI is InChI=1S/C29H29F4N7OS.C2HF3O2/c30-24-17-21(38-13-9-35-10-14-38)3-4-26(24)40-18-23(28(36-40)19-5-7-34-8-6-19)22-15-20(29(32)33)16-25(27(22)31)37-42(41)39-11-1-2-12-39;3-2(4,5)1(6)7/h3-8,15-18,29,35,37H,1-2,9-14H2;(H,6,7). The van der Waals surface area contributed by atoms with Crippen molar-refractivity contribution in [1.82, 2.24) is 24.4 Å². The second-order valence-corrected chi connectivity index (χ2v) is 12.2. The highest BCUT2D eigenvalue weighted by atomic mass is 32.2. The Bertz CT molecular complexity index is 1800. The number of aliphatic carboxylic acids is 1. The monoisotopic (exact) mass is 713 g/mol. The summed E-state index contributed by atoms with van der Waals surface area (Å²) in [6.45, 7) is 4.20. The quantitative estimate of drug-likeness (QED) is 0.194. The van der Waals surface area contributed by atoms with Crippen molar-refractivity contribution < 1.29 is 44.8 Å². The molecule has 4 aromatic rings. The van der Waals surface area contributed by atoms with Gasteiger partial charge in [0.1, 0.15) is 11.4 Å². The number of carbonyl (C=O) groups is 1. The maximum absolute atomic E-state index is 16.1. The predicted molar refractivity (Wildman–Crippen MR) is 168 cm³/mol. The zero-order valence-electron chi connectivity index (χ0n) is 25.6. The van der Waals surface area contributed by atoms with Crippen LogP contribution in [0.5, 0.6) is 0 Å². The van der Waals surface area contributed by atoms with Gasteiger partial charge in [-0.25, -0.2) is 35.6 Å². The fraction of sp³-hybridized carbons (Fsp3) is 0.323. The number of aromatic nitrogens is 3. The van der Waals surface area contributed by atoms with Gasteiger partial charge in [-0.2, -0.15) is 18.3 Å². The number of alkyl halides is 5. The number of halogens is 7. The maximum Gasteiger partial charge on any atom is 0.490 e. The Labute approximate surface area is 278 Å². The van der Waals surface area contributed by atoms with Gasteiger partial charge in [-0.1, -0.05) is 0 Å². The fourth-order valence-electron chi connectivity index (χ4n) is 5.27. The van der Waals surface area contributed by atoms with Crippen LogP contribution in [0.1, 0.15) is 24.8 Å². The van der Waals surface area contributed by atoms with Crippen molar-refractivity contribution in [2.75, 3.05) is 48.9 Å². The van der Waals surface area contributed by atoms with Gasteiger partial charge >= 0.3 is 12.1 Å². The number of anilines is 2. The number of benzene rings is 2.